The van der Waals surface area contributed by atoms with Gasteiger partial charge in [-0.15, -0.1) is 0 Å². The molecule has 7 nitrogen and oxygen atoms in total. The molecule has 1 aromatic carbocycles. The molecule has 144 valence electrons. The van der Waals surface area contributed by atoms with Crippen LogP contribution in [0.2, 0.25) is 0 Å². The van der Waals surface area contributed by atoms with E-state index >= 15 is 0 Å². The molecule has 7 heteroatoms. The van der Waals surface area contributed by atoms with Crippen LogP contribution < -0.4 is 15.5 Å². The number of nitrogens with zero attached hydrogens (tertiary/aromatic N) is 5. The average molecular weight is 375 g/mol. The molecule has 1 aliphatic rings. The summed E-state index contributed by atoms with van der Waals surface area (Å²) in [6.45, 7) is 2.70. The average Bonchev–Trinajstić information content (AvgIpc) is 3.44. The summed E-state index contributed by atoms with van der Waals surface area (Å²) in [6, 6.07) is 16.8. The number of para-hydroxylation sites is 1. The number of pyridine rings is 1. The van der Waals surface area contributed by atoms with Crippen LogP contribution in [-0.2, 0) is 6.54 Å². The third kappa shape index (κ3) is 4.31. The van der Waals surface area contributed by atoms with E-state index in [0.29, 0.717) is 12.6 Å². The number of benzene rings is 1. The van der Waals surface area contributed by atoms with Crippen LogP contribution in [-0.4, -0.2) is 46.9 Å². The molecule has 1 atom stereocenters. The van der Waals surface area contributed by atoms with Gasteiger partial charge in [-0.25, -0.2) is 9.67 Å². The van der Waals surface area contributed by atoms with Gasteiger partial charge in [0.25, 0.3) is 0 Å². The topological polar surface area (TPSA) is 70.4 Å². The monoisotopic (exact) mass is 375 g/mol. The fraction of sp³-hybridized carbons (Fsp3) is 0.286. The lowest BCUT2D eigenvalue weighted by Gasteiger charge is -2.20. The Balaban J connectivity index is 1.32. The minimum absolute atomic E-state index is 0.378. The second-order valence-electron chi connectivity index (χ2n) is 6.81. The van der Waals surface area contributed by atoms with Crippen LogP contribution in [0, 0.1) is 0 Å². The molecule has 3 heterocycles. The molecule has 1 saturated heterocycles. The zero-order chi connectivity index (χ0) is 19.2. The molecule has 0 radical (unpaired) electrons. The number of hydrogen-bond acceptors (Lipinski definition) is 4. The summed E-state index contributed by atoms with van der Waals surface area (Å²) in [5.41, 5.74) is 2.40. The highest BCUT2D eigenvalue weighted by molar-refractivity contribution is 5.80. The lowest BCUT2D eigenvalue weighted by Crippen LogP contribution is -2.44. The van der Waals surface area contributed by atoms with Gasteiger partial charge in [0.2, 0.25) is 0 Å². The minimum atomic E-state index is 0.378. The molecular weight excluding hydrogens is 350 g/mol. The van der Waals surface area contributed by atoms with Gasteiger partial charge in [0, 0.05) is 57.0 Å². The Kier molecular flexibility index (Phi) is 5.51. The van der Waals surface area contributed by atoms with E-state index in [1.54, 1.807) is 24.1 Å². The first-order chi connectivity index (χ1) is 13.8. The van der Waals surface area contributed by atoms with E-state index in [1.807, 2.05) is 24.4 Å². The molecule has 0 saturated carbocycles. The number of hydrogen-bond donors (Lipinski definition) is 2. The highest BCUT2D eigenvalue weighted by Gasteiger charge is 2.23. The summed E-state index contributed by atoms with van der Waals surface area (Å²) < 4.78 is 1.76. The van der Waals surface area contributed by atoms with Crippen molar-refractivity contribution in [3.8, 4) is 5.82 Å². The molecular formula is C21H25N7. The molecule has 2 aromatic heterocycles. The summed E-state index contributed by atoms with van der Waals surface area (Å²) in [4.78, 5) is 11.2. The van der Waals surface area contributed by atoms with E-state index in [0.717, 1.165) is 36.9 Å². The highest BCUT2D eigenvalue weighted by Crippen LogP contribution is 2.19. The van der Waals surface area contributed by atoms with E-state index in [2.05, 4.69) is 60.9 Å². The van der Waals surface area contributed by atoms with Crippen molar-refractivity contribution in [2.45, 2.75) is 19.0 Å². The third-order valence-corrected chi connectivity index (χ3v) is 4.88. The number of rotatable bonds is 5. The van der Waals surface area contributed by atoms with Gasteiger partial charge in [0.1, 0.15) is 0 Å². The predicted octanol–water partition coefficient (Wildman–Crippen LogP) is 2.21. The molecule has 3 aromatic rings. The largest absolute Gasteiger partial charge is 0.369 e. The van der Waals surface area contributed by atoms with E-state index < -0.39 is 0 Å². The van der Waals surface area contributed by atoms with Crippen molar-refractivity contribution >= 4 is 11.6 Å². The van der Waals surface area contributed by atoms with Crippen molar-refractivity contribution in [2.24, 2.45) is 4.99 Å². The first-order valence-electron chi connectivity index (χ1n) is 9.54. The normalized spacial score (nSPS) is 17.0. The SMILES string of the molecule is CN=C(NCc1ccnc(-n2cccn2)c1)NC1CCN(c2ccccc2)C1. The van der Waals surface area contributed by atoms with Crippen LogP contribution in [0.5, 0.6) is 0 Å². The zero-order valence-corrected chi connectivity index (χ0v) is 16.0. The van der Waals surface area contributed by atoms with Gasteiger partial charge in [-0.3, -0.25) is 4.99 Å². The summed E-state index contributed by atoms with van der Waals surface area (Å²) in [5.74, 6) is 1.62. The second kappa shape index (κ2) is 8.56. The number of aromatic nitrogens is 3. The Morgan fingerprint density at radius 3 is 2.86 bits per heavy atom. The lowest BCUT2D eigenvalue weighted by atomic mass is 10.2. The van der Waals surface area contributed by atoms with Crippen LogP contribution in [0.15, 0.2) is 72.1 Å². The molecule has 4 rings (SSSR count). The molecule has 1 aliphatic heterocycles. The van der Waals surface area contributed by atoms with E-state index in [4.69, 9.17) is 0 Å². The molecule has 0 amide bonds. The predicted molar refractivity (Wildman–Crippen MR) is 112 cm³/mol. The van der Waals surface area contributed by atoms with Gasteiger partial charge in [-0.2, -0.15) is 5.10 Å². The van der Waals surface area contributed by atoms with Gasteiger partial charge in [-0.1, -0.05) is 18.2 Å². The maximum atomic E-state index is 4.38. The van der Waals surface area contributed by atoms with E-state index in [-0.39, 0.29) is 0 Å². The fourth-order valence-electron chi connectivity index (χ4n) is 3.43. The summed E-state index contributed by atoms with van der Waals surface area (Å²) in [5, 5.41) is 11.2. The summed E-state index contributed by atoms with van der Waals surface area (Å²) in [6.07, 6.45) is 6.53. The van der Waals surface area contributed by atoms with Crippen molar-refractivity contribution in [3.05, 3.63) is 72.7 Å². The van der Waals surface area contributed by atoms with Crippen molar-refractivity contribution in [1.29, 1.82) is 0 Å². The van der Waals surface area contributed by atoms with Crippen LogP contribution in [0.25, 0.3) is 5.82 Å². The minimum Gasteiger partial charge on any atom is -0.369 e. The first kappa shape index (κ1) is 18.0. The number of guanidine groups is 1. The maximum Gasteiger partial charge on any atom is 0.191 e. The second-order valence-corrected chi connectivity index (χ2v) is 6.81. The molecule has 0 spiro atoms. The smallest absolute Gasteiger partial charge is 0.191 e. The van der Waals surface area contributed by atoms with Crippen molar-refractivity contribution in [3.63, 3.8) is 0 Å². The Morgan fingerprint density at radius 1 is 1.18 bits per heavy atom. The number of anilines is 1. The summed E-state index contributed by atoms with van der Waals surface area (Å²) >= 11 is 0. The Hall–Kier alpha value is -3.35. The van der Waals surface area contributed by atoms with E-state index in [9.17, 15) is 0 Å². The summed E-state index contributed by atoms with van der Waals surface area (Å²) in [7, 11) is 1.81. The molecule has 0 aliphatic carbocycles. The molecule has 28 heavy (non-hydrogen) atoms. The maximum absolute atomic E-state index is 4.38. The Morgan fingerprint density at radius 2 is 2.07 bits per heavy atom. The van der Waals surface area contributed by atoms with Crippen molar-refractivity contribution in [1.82, 2.24) is 25.4 Å². The first-order valence-corrected chi connectivity index (χ1v) is 9.54. The highest BCUT2D eigenvalue weighted by atomic mass is 15.3. The number of nitrogens with one attached hydrogen (secondary N) is 2. The molecule has 1 unspecified atom stereocenters. The van der Waals surface area contributed by atoms with Crippen LogP contribution in [0.1, 0.15) is 12.0 Å². The van der Waals surface area contributed by atoms with Gasteiger partial charge < -0.3 is 15.5 Å². The standard InChI is InChI=1S/C21H25N7/c1-22-21(26-18-9-13-27(16-18)19-6-3-2-4-7-19)24-15-17-8-11-23-20(14-17)28-12-5-10-25-28/h2-8,10-12,14,18H,9,13,15-16H2,1H3,(H2,22,24,26). The lowest BCUT2D eigenvalue weighted by molar-refractivity contribution is 0.648. The van der Waals surface area contributed by atoms with Crippen molar-refractivity contribution in [2.75, 3.05) is 25.0 Å². The molecule has 2 N–H and O–H groups in total. The van der Waals surface area contributed by atoms with Gasteiger partial charge >= 0.3 is 0 Å². The van der Waals surface area contributed by atoms with Crippen LogP contribution in [0.4, 0.5) is 5.69 Å². The number of aliphatic imine (C=N–C) groups is 1. The fourth-order valence-corrected chi connectivity index (χ4v) is 3.43. The quantitative estimate of drug-likeness (QED) is 0.529. The van der Waals surface area contributed by atoms with Gasteiger partial charge in [-0.05, 0) is 42.3 Å². The van der Waals surface area contributed by atoms with Crippen LogP contribution >= 0.6 is 0 Å². The van der Waals surface area contributed by atoms with Crippen LogP contribution in [0.3, 0.4) is 0 Å². The van der Waals surface area contributed by atoms with Gasteiger partial charge in [0.05, 0.1) is 0 Å². The van der Waals surface area contributed by atoms with Gasteiger partial charge in [0.15, 0.2) is 11.8 Å². The third-order valence-electron chi connectivity index (χ3n) is 4.88. The zero-order valence-electron chi connectivity index (χ0n) is 16.0. The molecule has 0 bridgehead atoms. The van der Waals surface area contributed by atoms with Crippen molar-refractivity contribution < 1.29 is 0 Å². The Bertz CT molecular complexity index is 906. The molecule has 1 fully saturated rings. The van der Waals surface area contributed by atoms with E-state index in [1.165, 1.54) is 5.69 Å². The Labute approximate surface area is 165 Å².